The SMILES string of the molecule is CNC(Cc1ccccc1[N+](=O)[O-])c1ccccc1OC. The summed E-state index contributed by atoms with van der Waals surface area (Å²) in [5.74, 6) is 0.774. The molecule has 1 N–H and O–H groups in total. The summed E-state index contributed by atoms with van der Waals surface area (Å²) in [6.07, 6.45) is 0.522. The summed E-state index contributed by atoms with van der Waals surface area (Å²) in [7, 11) is 3.46. The van der Waals surface area contributed by atoms with Gasteiger partial charge in [-0.1, -0.05) is 36.4 Å². The van der Waals surface area contributed by atoms with Crippen LogP contribution < -0.4 is 10.1 Å². The predicted octanol–water partition coefficient (Wildman–Crippen LogP) is 3.11. The highest BCUT2D eigenvalue weighted by molar-refractivity contribution is 5.43. The van der Waals surface area contributed by atoms with E-state index in [1.165, 1.54) is 6.07 Å². The van der Waals surface area contributed by atoms with Gasteiger partial charge in [-0.2, -0.15) is 0 Å². The van der Waals surface area contributed by atoms with E-state index in [1.807, 2.05) is 37.4 Å². The summed E-state index contributed by atoms with van der Waals surface area (Å²) in [4.78, 5) is 10.8. The highest BCUT2D eigenvalue weighted by Crippen LogP contribution is 2.29. The smallest absolute Gasteiger partial charge is 0.272 e. The summed E-state index contributed by atoms with van der Waals surface area (Å²) in [6.45, 7) is 0. The van der Waals surface area contributed by atoms with E-state index in [-0.39, 0.29) is 16.7 Å². The Labute approximate surface area is 123 Å². The normalized spacial score (nSPS) is 11.9. The van der Waals surface area contributed by atoms with Gasteiger partial charge in [0.05, 0.1) is 12.0 Å². The van der Waals surface area contributed by atoms with Gasteiger partial charge >= 0.3 is 0 Å². The first-order chi connectivity index (χ1) is 10.2. The molecule has 0 spiro atoms. The van der Waals surface area contributed by atoms with Crippen molar-refractivity contribution in [3.63, 3.8) is 0 Å². The van der Waals surface area contributed by atoms with E-state index in [0.717, 1.165) is 11.3 Å². The van der Waals surface area contributed by atoms with Gasteiger partial charge < -0.3 is 10.1 Å². The molecule has 1 unspecified atom stereocenters. The van der Waals surface area contributed by atoms with Crippen LogP contribution in [0.3, 0.4) is 0 Å². The number of para-hydroxylation sites is 2. The van der Waals surface area contributed by atoms with E-state index in [2.05, 4.69) is 5.32 Å². The Hall–Kier alpha value is -2.40. The maximum Gasteiger partial charge on any atom is 0.272 e. The Morgan fingerprint density at radius 1 is 1.19 bits per heavy atom. The molecule has 0 saturated carbocycles. The molecule has 2 aromatic carbocycles. The summed E-state index contributed by atoms with van der Waals surface area (Å²) in [6, 6.07) is 14.5. The van der Waals surface area contributed by atoms with Crippen LogP contribution in [-0.2, 0) is 6.42 Å². The molecule has 1 atom stereocenters. The lowest BCUT2D eigenvalue weighted by atomic mass is 9.97. The molecule has 0 fully saturated rings. The standard InChI is InChI=1S/C16H18N2O3/c1-17-14(13-8-4-6-10-16(13)21-2)11-12-7-3-5-9-15(12)18(19)20/h3-10,14,17H,11H2,1-2H3. The van der Waals surface area contributed by atoms with E-state index in [1.54, 1.807) is 19.2 Å². The first-order valence-electron chi connectivity index (χ1n) is 6.69. The number of benzene rings is 2. The van der Waals surface area contributed by atoms with Crippen LogP contribution >= 0.6 is 0 Å². The highest BCUT2D eigenvalue weighted by atomic mass is 16.6. The molecule has 0 aliphatic carbocycles. The van der Waals surface area contributed by atoms with Gasteiger partial charge in [-0.3, -0.25) is 10.1 Å². The number of hydrogen-bond donors (Lipinski definition) is 1. The number of ether oxygens (including phenoxy) is 1. The number of nitrogens with one attached hydrogen (secondary N) is 1. The van der Waals surface area contributed by atoms with Crippen LogP contribution in [0, 0.1) is 10.1 Å². The Kier molecular flexibility index (Phi) is 4.90. The summed E-state index contributed by atoms with van der Waals surface area (Å²) < 4.78 is 5.37. The van der Waals surface area contributed by atoms with Gasteiger partial charge in [-0.25, -0.2) is 0 Å². The van der Waals surface area contributed by atoms with Gasteiger partial charge in [0.2, 0.25) is 0 Å². The van der Waals surface area contributed by atoms with Gasteiger partial charge in [-0.05, 0) is 19.5 Å². The Morgan fingerprint density at radius 2 is 1.86 bits per heavy atom. The molecule has 0 heterocycles. The zero-order chi connectivity index (χ0) is 15.2. The van der Waals surface area contributed by atoms with Gasteiger partial charge in [-0.15, -0.1) is 0 Å². The predicted molar refractivity (Wildman–Crippen MR) is 81.6 cm³/mol. The zero-order valence-electron chi connectivity index (χ0n) is 12.1. The number of methoxy groups -OCH3 is 1. The molecule has 0 aromatic heterocycles. The van der Waals surface area contributed by atoms with Crippen LogP contribution in [0.25, 0.3) is 0 Å². The lowest BCUT2D eigenvalue weighted by Gasteiger charge is -2.19. The second kappa shape index (κ2) is 6.85. The van der Waals surface area contributed by atoms with Gasteiger partial charge in [0.25, 0.3) is 5.69 Å². The molecule has 0 saturated heterocycles. The fraction of sp³-hybridized carbons (Fsp3) is 0.250. The minimum absolute atomic E-state index is 0.0535. The lowest BCUT2D eigenvalue weighted by Crippen LogP contribution is -2.20. The summed E-state index contributed by atoms with van der Waals surface area (Å²) in [5.41, 5.74) is 1.83. The van der Waals surface area contributed by atoms with Gasteiger partial charge in [0.1, 0.15) is 5.75 Å². The van der Waals surface area contributed by atoms with E-state index in [0.29, 0.717) is 12.0 Å². The van der Waals surface area contributed by atoms with E-state index < -0.39 is 0 Å². The maximum atomic E-state index is 11.1. The van der Waals surface area contributed by atoms with E-state index in [4.69, 9.17) is 4.74 Å². The van der Waals surface area contributed by atoms with Gasteiger partial charge in [0.15, 0.2) is 0 Å². The molecule has 2 aromatic rings. The van der Waals surface area contributed by atoms with Crippen LogP contribution in [0.15, 0.2) is 48.5 Å². The maximum absolute atomic E-state index is 11.1. The first-order valence-corrected chi connectivity index (χ1v) is 6.69. The number of rotatable bonds is 6. The Bertz CT molecular complexity index is 628. The van der Waals surface area contributed by atoms with Crippen LogP contribution in [0.2, 0.25) is 0 Å². The molecular weight excluding hydrogens is 268 g/mol. The number of nitro groups is 1. The number of nitrogens with zero attached hydrogens (tertiary/aromatic N) is 1. The highest BCUT2D eigenvalue weighted by Gasteiger charge is 2.19. The zero-order valence-corrected chi connectivity index (χ0v) is 12.1. The molecule has 21 heavy (non-hydrogen) atoms. The second-order valence-corrected chi connectivity index (χ2v) is 4.67. The Balaban J connectivity index is 2.34. The van der Waals surface area contributed by atoms with Crippen molar-refractivity contribution in [1.82, 2.24) is 5.32 Å². The van der Waals surface area contributed by atoms with Crippen molar-refractivity contribution in [2.24, 2.45) is 0 Å². The molecule has 0 radical (unpaired) electrons. The lowest BCUT2D eigenvalue weighted by molar-refractivity contribution is -0.385. The van der Waals surface area contributed by atoms with Crippen molar-refractivity contribution in [2.75, 3.05) is 14.2 Å². The third-order valence-electron chi connectivity index (χ3n) is 3.48. The Morgan fingerprint density at radius 3 is 2.52 bits per heavy atom. The van der Waals surface area contributed by atoms with Crippen LogP contribution in [0.1, 0.15) is 17.2 Å². The van der Waals surface area contributed by atoms with Crippen molar-refractivity contribution in [1.29, 1.82) is 0 Å². The molecule has 5 nitrogen and oxygen atoms in total. The molecule has 0 aliphatic rings. The molecule has 2 rings (SSSR count). The second-order valence-electron chi connectivity index (χ2n) is 4.67. The van der Waals surface area contributed by atoms with Crippen LogP contribution in [0.4, 0.5) is 5.69 Å². The van der Waals surface area contributed by atoms with E-state index >= 15 is 0 Å². The molecule has 0 bridgehead atoms. The molecule has 0 amide bonds. The largest absolute Gasteiger partial charge is 0.496 e. The van der Waals surface area contributed by atoms with Crippen molar-refractivity contribution in [3.8, 4) is 5.75 Å². The average molecular weight is 286 g/mol. The average Bonchev–Trinajstić information content (AvgIpc) is 2.52. The minimum atomic E-state index is -0.343. The number of hydrogen-bond acceptors (Lipinski definition) is 4. The molecule has 5 heteroatoms. The molecular formula is C16H18N2O3. The third-order valence-corrected chi connectivity index (χ3v) is 3.48. The molecule has 0 aliphatic heterocycles. The first kappa shape index (κ1) is 15.0. The van der Waals surface area contributed by atoms with Crippen LogP contribution in [0.5, 0.6) is 5.75 Å². The minimum Gasteiger partial charge on any atom is -0.496 e. The molecule has 110 valence electrons. The van der Waals surface area contributed by atoms with Crippen molar-refractivity contribution >= 4 is 5.69 Å². The third kappa shape index (κ3) is 3.38. The number of nitro benzene ring substituents is 1. The van der Waals surface area contributed by atoms with Crippen molar-refractivity contribution in [2.45, 2.75) is 12.5 Å². The number of likely N-dealkylation sites (N-methyl/N-ethyl adjacent to an activating group) is 1. The van der Waals surface area contributed by atoms with Crippen LogP contribution in [-0.4, -0.2) is 19.1 Å². The fourth-order valence-electron chi connectivity index (χ4n) is 2.40. The summed E-state index contributed by atoms with van der Waals surface area (Å²) >= 11 is 0. The topological polar surface area (TPSA) is 64.4 Å². The summed E-state index contributed by atoms with van der Waals surface area (Å²) in [5, 5.41) is 14.3. The van der Waals surface area contributed by atoms with Crippen molar-refractivity contribution in [3.05, 3.63) is 69.8 Å². The van der Waals surface area contributed by atoms with Crippen molar-refractivity contribution < 1.29 is 9.66 Å². The van der Waals surface area contributed by atoms with E-state index in [9.17, 15) is 10.1 Å². The van der Waals surface area contributed by atoms with Gasteiger partial charge in [0, 0.05) is 23.2 Å². The quantitative estimate of drug-likeness (QED) is 0.654. The fourth-order valence-corrected chi connectivity index (χ4v) is 2.40. The monoisotopic (exact) mass is 286 g/mol.